The summed E-state index contributed by atoms with van der Waals surface area (Å²) in [5, 5.41) is 4.22. The number of aryl methyl sites for hydroxylation is 1. The van der Waals surface area contributed by atoms with E-state index in [9.17, 15) is 18.4 Å². The molecule has 0 fully saturated rings. The van der Waals surface area contributed by atoms with E-state index in [4.69, 9.17) is 0 Å². The first-order chi connectivity index (χ1) is 11.0. The second-order valence-electron chi connectivity index (χ2n) is 5.42. The van der Waals surface area contributed by atoms with Crippen molar-refractivity contribution in [2.45, 2.75) is 33.0 Å². The third-order valence-electron chi connectivity index (χ3n) is 3.81. The van der Waals surface area contributed by atoms with Crippen LogP contribution in [0.5, 0.6) is 0 Å². The lowest BCUT2D eigenvalue weighted by molar-refractivity contribution is 0.0701. The Balaban J connectivity index is 1.85. The van der Waals surface area contributed by atoms with Gasteiger partial charge in [0.25, 0.3) is 5.91 Å². The molecule has 1 amide bonds. The molecule has 1 aliphatic rings. The average Bonchev–Trinajstić information content (AvgIpc) is 2.83. The fourth-order valence-electron chi connectivity index (χ4n) is 2.66. The highest BCUT2D eigenvalue weighted by Gasteiger charge is 2.27. The van der Waals surface area contributed by atoms with Crippen LogP contribution in [0.3, 0.4) is 0 Å². The lowest BCUT2D eigenvalue weighted by Crippen LogP contribution is -2.41. The van der Waals surface area contributed by atoms with E-state index in [2.05, 4.69) is 5.10 Å². The van der Waals surface area contributed by atoms with Crippen molar-refractivity contribution in [3.63, 3.8) is 0 Å². The van der Waals surface area contributed by atoms with Gasteiger partial charge >= 0.3 is 5.69 Å². The first-order valence-electron chi connectivity index (χ1n) is 7.42. The summed E-state index contributed by atoms with van der Waals surface area (Å²) >= 11 is 0. The van der Waals surface area contributed by atoms with Gasteiger partial charge in [0.2, 0.25) is 0 Å². The number of rotatable bonds is 3. The van der Waals surface area contributed by atoms with Crippen LogP contribution in [0.4, 0.5) is 8.78 Å². The predicted octanol–water partition coefficient (Wildman–Crippen LogP) is 1.39. The normalized spacial score (nSPS) is 14.0. The monoisotopic (exact) mass is 322 g/mol. The van der Waals surface area contributed by atoms with Crippen molar-refractivity contribution in [1.29, 1.82) is 0 Å². The number of nitrogens with zero attached hydrogens (tertiary/aromatic N) is 4. The van der Waals surface area contributed by atoms with Crippen molar-refractivity contribution in [3.8, 4) is 0 Å². The molecule has 0 saturated carbocycles. The van der Waals surface area contributed by atoms with Gasteiger partial charge in [-0.15, -0.1) is 0 Å². The molecule has 122 valence electrons. The van der Waals surface area contributed by atoms with Crippen molar-refractivity contribution in [2.24, 2.45) is 0 Å². The molecule has 0 atom stereocenters. The van der Waals surface area contributed by atoms with E-state index in [1.807, 2.05) is 6.92 Å². The first-order valence-corrected chi connectivity index (χ1v) is 7.42. The van der Waals surface area contributed by atoms with Gasteiger partial charge in [-0.25, -0.2) is 18.3 Å². The quantitative estimate of drug-likeness (QED) is 0.858. The summed E-state index contributed by atoms with van der Waals surface area (Å²) in [6, 6.07) is 2.86. The second kappa shape index (κ2) is 5.94. The molecule has 1 aromatic carbocycles. The summed E-state index contributed by atoms with van der Waals surface area (Å²) < 4.78 is 29.6. The third kappa shape index (κ3) is 2.76. The molecule has 8 heteroatoms. The van der Waals surface area contributed by atoms with Crippen molar-refractivity contribution in [1.82, 2.24) is 19.2 Å². The molecule has 0 radical (unpaired) electrons. The van der Waals surface area contributed by atoms with Gasteiger partial charge in [0.1, 0.15) is 11.6 Å². The van der Waals surface area contributed by atoms with Crippen LogP contribution in [0, 0.1) is 11.6 Å². The SMILES string of the molecule is CCCn1nc2n(c1=O)CCN(C(=O)c1ccc(F)cc1F)C2. The van der Waals surface area contributed by atoms with Crippen LogP contribution < -0.4 is 5.69 Å². The molecule has 0 aliphatic carbocycles. The first kappa shape index (κ1) is 15.4. The summed E-state index contributed by atoms with van der Waals surface area (Å²) in [5.74, 6) is -1.68. The van der Waals surface area contributed by atoms with Gasteiger partial charge in [-0.05, 0) is 18.6 Å². The minimum absolute atomic E-state index is 0.127. The smallest absolute Gasteiger partial charge is 0.329 e. The molecule has 1 aliphatic heterocycles. The number of fused-ring (bicyclic) bond motifs is 1. The maximum absolute atomic E-state index is 13.8. The van der Waals surface area contributed by atoms with Crippen molar-refractivity contribution in [2.75, 3.05) is 6.54 Å². The van der Waals surface area contributed by atoms with E-state index in [0.29, 0.717) is 25.0 Å². The number of amides is 1. The summed E-state index contributed by atoms with van der Waals surface area (Å²) in [4.78, 5) is 25.9. The number of aromatic nitrogens is 3. The number of hydrogen-bond donors (Lipinski definition) is 0. The number of carbonyl (C=O) groups is 1. The molecular weight excluding hydrogens is 306 g/mol. The minimum atomic E-state index is -0.894. The van der Waals surface area contributed by atoms with Crippen LogP contribution in [0.2, 0.25) is 0 Å². The molecule has 0 spiro atoms. The number of benzene rings is 1. The van der Waals surface area contributed by atoms with Crippen molar-refractivity contribution >= 4 is 5.91 Å². The fraction of sp³-hybridized carbons (Fsp3) is 0.400. The Kier molecular flexibility index (Phi) is 3.97. The summed E-state index contributed by atoms with van der Waals surface area (Å²) in [5.41, 5.74) is -0.378. The Bertz CT molecular complexity index is 812. The highest BCUT2D eigenvalue weighted by molar-refractivity contribution is 5.94. The molecule has 0 saturated heterocycles. The Morgan fingerprint density at radius 3 is 2.78 bits per heavy atom. The third-order valence-corrected chi connectivity index (χ3v) is 3.81. The van der Waals surface area contributed by atoms with E-state index >= 15 is 0 Å². The van der Waals surface area contributed by atoms with Crippen LogP contribution in [0.15, 0.2) is 23.0 Å². The van der Waals surface area contributed by atoms with Gasteiger partial charge in [-0.2, -0.15) is 5.10 Å². The van der Waals surface area contributed by atoms with Crippen molar-refractivity contribution in [3.05, 3.63) is 51.7 Å². The lowest BCUT2D eigenvalue weighted by atomic mass is 10.1. The standard InChI is InChI=1S/C15H16F2N4O2/c1-2-5-21-15(23)20-7-6-19(9-13(20)18-21)14(22)11-4-3-10(16)8-12(11)17/h3-4,8H,2,5-7,9H2,1H3. The highest BCUT2D eigenvalue weighted by atomic mass is 19.1. The number of carbonyl (C=O) groups excluding carboxylic acids is 1. The van der Waals surface area contributed by atoms with Crippen LogP contribution >= 0.6 is 0 Å². The second-order valence-corrected chi connectivity index (χ2v) is 5.42. The molecule has 1 aromatic heterocycles. The van der Waals surface area contributed by atoms with Gasteiger partial charge in [-0.1, -0.05) is 6.92 Å². The van der Waals surface area contributed by atoms with E-state index in [1.54, 1.807) is 0 Å². The van der Waals surface area contributed by atoms with E-state index in [0.717, 1.165) is 18.6 Å². The Hall–Kier alpha value is -2.51. The fourth-order valence-corrected chi connectivity index (χ4v) is 2.66. The summed E-state index contributed by atoms with van der Waals surface area (Å²) in [7, 11) is 0. The number of halogens is 2. The van der Waals surface area contributed by atoms with Gasteiger partial charge in [0.05, 0.1) is 12.1 Å². The molecule has 3 rings (SSSR count). The Morgan fingerprint density at radius 2 is 2.09 bits per heavy atom. The molecule has 6 nitrogen and oxygen atoms in total. The van der Waals surface area contributed by atoms with Crippen LogP contribution in [0.1, 0.15) is 29.5 Å². The molecular formula is C15H16F2N4O2. The van der Waals surface area contributed by atoms with E-state index in [1.165, 1.54) is 14.1 Å². The van der Waals surface area contributed by atoms with E-state index < -0.39 is 17.5 Å². The van der Waals surface area contributed by atoms with Gasteiger partial charge in [-0.3, -0.25) is 9.36 Å². The lowest BCUT2D eigenvalue weighted by Gasteiger charge is -2.26. The van der Waals surface area contributed by atoms with E-state index in [-0.39, 0.29) is 24.3 Å². The Morgan fingerprint density at radius 1 is 1.30 bits per heavy atom. The van der Waals surface area contributed by atoms with Crippen LogP contribution in [-0.4, -0.2) is 31.7 Å². The van der Waals surface area contributed by atoms with Gasteiger partial charge < -0.3 is 4.90 Å². The highest BCUT2D eigenvalue weighted by Crippen LogP contribution is 2.16. The molecule has 0 N–H and O–H groups in total. The van der Waals surface area contributed by atoms with Crippen LogP contribution in [-0.2, 0) is 19.6 Å². The maximum Gasteiger partial charge on any atom is 0.346 e. The van der Waals surface area contributed by atoms with Crippen molar-refractivity contribution < 1.29 is 13.6 Å². The van der Waals surface area contributed by atoms with Gasteiger partial charge in [0.15, 0.2) is 5.82 Å². The molecule has 0 bridgehead atoms. The zero-order chi connectivity index (χ0) is 16.6. The minimum Gasteiger partial charge on any atom is -0.329 e. The predicted molar refractivity (Wildman–Crippen MR) is 77.9 cm³/mol. The van der Waals surface area contributed by atoms with Crippen LogP contribution in [0.25, 0.3) is 0 Å². The largest absolute Gasteiger partial charge is 0.346 e. The zero-order valence-corrected chi connectivity index (χ0v) is 12.6. The summed E-state index contributed by atoms with van der Waals surface area (Å²) in [6.07, 6.45) is 0.778. The summed E-state index contributed by atoms with van der Waals surface area (Å²) in [6.45, 7) is 3.17. The molecule has 23 heavy (non-hydrogen) atoms. The number of hydrogen-bond acceptors (Lipinski definition) is 3. The zero-order valence-electron chi connectivity index (χ0n) is 12.6. The topological polar surface area (TPSA) is 60.1 Å². The Labute approximate surface area is 130 Å². The molecule has 2 heterocycles. The molecule has 0 unspecified atom stereocenters. The van der Waals surface area contributed by atoms with Gasteiger partial charge in [0, 0.05) is 25.7 Å². The average molecular weight is 322 g/mol. The molecule has 2 aromatic rings. The maximum atomic E-state index is 13.8.